The van der Waals surface area contributed by atoms with E-state index in [-0.39, 0.29) is 42.4 Å². The molecule has 2 aromatic rings. The number of carbonyl (C=O) groups excluding carboxylic acids is 1. The number of aliphatic hydroxyl groups excluding tert-OH is 1. The number of rotatable bonds is 13. The maximum absolute atomic E-state index is 13.6. The summed E-state index contributed by atoms with van der Waals surface area (Å²) in [6, 6.07) is 15.8. The lowest BCUT2D eigenvalue weighted by Crippen LogP contribution is -2.43. The quantitative estimate of drug-likeness (QED) is 0.377. The van der Waals surface area contributed by atoms with E-state index in [9.17, 15) is 18.3 Å². The molecule has 0 saturated carbocycles. The van der Waals surface area contributed by atoms with E-state index in [2.05, 4.69) is 0 Å². The van der Waals surface area contributed by atoms with E-state index in [4.69, 9.17) is 14.2 Å². The zero-order valence-corrected chi connectivity index (χ0v) is 23.4. The minimum absolute atomic E-state index is 0.00841. The van der Waals surface area contributed by atoms with Gasteiger partial charge >= 0.3 is 5.97 Å². The van der Waals surface area contributed by atoms with Gasteiger partial charge in [0, 0.05) is 32.0 Å². The van der Waals surface area contributed by atoms with Crippen LogP contribution in [-0.2, 0) is 30.7 Å². The highest BCUT2D eigenvalue weighted by molar-refractivity contribution is 7.89. The molecule has 1 aliphatic rings. The fourth-order valence-corrected chi connectivity index (χ4v) is 6.26. The lowest BCUT2D eigenvalue weighted by atomic mass is 9.90. The van der Waals surface area contributed by atoms with E-state index in [1.807, 2.05) is 44.2 Å². The van der Waals surface area contributed by atoms with Crippen molar-refractivity contribution in [3.8, 4) is 5.75 Å². The number of aliphatic hydroxyl groups is 1. The highest BCUT2D eigenvalue weighted by atomic mass is 32.2. The molecule has 9 heteroatoms. The van der Waals surface area contributed by atoms with E-state index in [0.29, 0.717) is 31.8 Å². The van der Waals surface area contributed by atoms with Crippen molar-refractivity contribution in [1.29, 1.82) is 0 Å². The predicted octanol–water partition coefficient (Wildman–Crippen LogP) is 4.06. The molecule has 1 fully saturated rings. The van der Waals surface area contributed by atoms with Crippen molar-refractivity contribution in [3.63, 3.8) is 0 Å². The van der Waals surface area contributed by atoms with Gasteiger partial charge in [-0.3, -0.25) is 4.79 Å². The smallest absolute Gasteiger partial charge is 0.306 e. The van der Waals surface area contributed by atoms with Crippen LogP contribution in [0.25, 0.3) is 0 Å². The third-order valence-electron chi connectivity index (χ3n) is 6.67. The monoisotopic (exact) mass is 547 g/mol. The summed E-state index contributed by atoms with van der Waals surface area (Å²) in [4.78, 5) is 13.1. The van der Waals surface area contributed by atoms with E-state index >= 15 is 0 Å². The molecule has 0 aromatic heterocycles. The Labute approximate surface area is 227 Å². The molecule has 38 heavy (non-hydrogen) atoms. The van der Waals surface area contributed by atoms with E-state index in [1.165, 1.54) is 23.5 Å². The van der Waals surface area contributed by atoms with Crippen molar-refractivity contribution < 1.29 is 32.5 Å². The van der Waals surface area contributed by atoms with Crippen LogP contribution in [0.15, 0.2) is 59.5 Å². The van der Waals surface area contributed by atoms with Crippen LogP contribution in [0.4, 0.5) is 0 Å². The Bertz CT molecular complexity index is 1080. The standard InChI is InChI=1S/C29H41NO7S/c1-22(2)20-30(38(33,34)27-13-11-25(35-3)12-14-27)21-28(31)24(18-23-8-5-4-6-9-23)19-29(32)37-26-10-7-16-36-17-15-26/h4-6,8-9,11-14,22,24,26,28,31H,7,10,15-21H2,1-3H3/t24-,26+,28-/m1/s1. The SMILES string of the molecule is COc1ccc(S(=O)(=O)N(CC(C)C)C[C@@H](O)[C@@H](CC(=O)O[C@H]2CCCOCC2)Cc2ccccc2)cc1. The average molecular weight is 548 g/mol. The summed E-state index contributed by atoms with van der Waals surface area (Å²) in [6.45, 7) is 5.18. The number of sulfonamides is 1. The number of hydrogen-bond acceptors (Lipinski definition) is 7. The number of nitrogens with zero attached hydrogens (tertiary/aromatic N) is 1. The van der Waals surface area contributed by atoms with Gasteiger partial charge in [-0.25, -0.2) is 8.42 Å². The molecule has 210 valence electrons. The Morgan fingerprint density at radius 1 is 1.05 bits per heavy atom. The minimum Gasteiger partial charge on any atom is -0.497 e. The van der Waals surface area contributed by atoms with Crippen LogP contribution in [-0.4, -0.2) is 69.4 Å². The Balaban J connectivity index is 1.79. The molecule has 0 bridgehead atoms. The van der Waals surface area contributed by atoms with Crippen molar-refractivity contribution in [2.45, 2.75) is 63.1 Å². The van der Waals surface area contributed by atoms with Gasteiger partial charge in [0.15, 0.2) is 0 Å². The molecule has 3 atom stereocenters. The van der Waals surface area contributed by atoms with Crippen molar-refractivity contribution in [2.75, 3.05) is 33.4 Å². The molecule has 1 N–H and O–H groups in total. The number of carbonyl (C=O) groups is 1. The van der Waals surface area contributed by atoms with Crippen molar-refractivity contribution in [3.05, 3.63) is 60.2 Å². The molecule has 1 saturated heterocycles. The first-order valence-corrected chi connectivity index (χ1v) is 14.8. The molecular formula is C29H41NO7S. The predicted molar refractivity (Wildman–Crippen MR) is 145 cm³/mol. The molecule has 1 heterocycles. The summed E-state index contributed by atoms with van der Waals surface area (Å²) in [5.41, 5.74) is 0.959. The van der Waals surface area contributed by atoms with Gasteiger partial charge in [-0.2, -0.15) is 4.31 Å². The number of esters is 1. The first-order valence-electron chi connectivity index (χ1n) is 13.3. The highest BCUT2D eigenvalue weighted by Crippen LogP contribution is 2.25. The number of hydrogen-bond donors (Lipinski definition) is 1. The summed E-state index contributed by atoms with van der Waals surface area (Å²) in [5, 5.41) is 11.4. The van der Waals surface area contributed by atoms with Crippen LogP contribution in [0.5, 0.6) is 5.75 Å². The van der Waals surface area contributed by atoms with E-state index in [0.717, 1.165) is 18.4 Å². The second-order valence-corrected chi connectivity index (χ2v) is 12.2. The summed E-state index contributed by atoms with van der Waals surface area (Å²) in [6.07, 6.45) is 1.37. The zero-order valence-electron chi connectivity index (χ0n) is 22.6. The lowest BCUT2D eigenvalue weighted by molar-refractivity contribution is -0.152. The van der Waals surface area contributed by atoms with Gasteiger partial charge in [0.05, 0.1) is 31.1 Å². The van der Waals surface area contributed by atoms with Gasteiger partial charge < -0.3 is 19.3 Å². The third kappa shape index (κ3) is 9.08. The molecule has 0 spiro atoms. The maximum atomic E-state index is 13.6. The first kappa shape index (κ1) is 30.1. The molecule has 1 aliphatic heterocycles. The second-order valence-electron chi connectivity index (χ2n) is 10.3. The Kier molecular flexibility index (Phi) is 11.6. The van der Waals surface area contributed by atoms with Gasteiger partial charge in [-0.15, -0.1) is 0 Å². The zero-order chi connectivity index (χ0) is 27.5. The number of benzene rings is 2. The Morgan fingerprint density at radius 3 is 2.42 bits per heavy atom. The summed E-state index contributed by atoms with van der Waals surface area (Å²) < 4.78 is 44.8. The fourth-order valence-electron chi connectivity index (χ4n) is 4.63. The average Bonchev–Trinajstić information content (AvgIpc) is 3.16. The minimum atomic E-state index is -3.89. The molecule has 3 rings (SSSR count). The molecular weight excluding hydrogens is 506 g/mol. The molecule has 0 amide bonds. The van der Waals surface area contributed by atoms with Crippen molar-refractivity contribution >= 4 is 16.0 Å². The highest BCUT2D eigenvalue weighted by Gasteiger charge is 2.32. The lowest BCUT2D eigenvalue weighted by Gasteiger charge is -2.30. The molecule has 0 unspecified atom stereocenters. The molecule has 8 nitrogen and oxygen atoms in total. The van der Waals surface area contributed by atoms with Crippen LogP contribution in [0.2, 0.25) is 0 Å². The van der Waals surface area contributed by atoms with Gasteiger partial charge in [-0.05, 0) is 55.0 Å². The van der Waals surface area contributed by atoms with Crippen LogP contribution in [0.3, 0.4) is 0 Å². The number of ether oxygens (including phenoxy) is 3. The largest absolute Gasteiger partial charge is 0.497 e. The summed E-state index contributed by atoms with van der Waals surface area (Å²) in [5.74, 6) is -0.316. The second kappa shape index (κ2) is 14.6. The van der Waals surface area contributed by atoms with Crippen LogP contribution in [0.1, 0.15) is 45.1 Å². The summed E-state index contributed by atoms with van der Waals surface area (Å²) in [7, 11) is -2.37. The third-order valence-corrected chi connectivity index (χ3v) is 8.51. The topological polar surface area (TPSA) is 102 Å². The molecule has 0 radical (unpaired) electrons. The first-order chi connectivity index (χ1) is 18.2. The summed E-state index contributed by atoms with van der Waals surface area (Å²) >= 11 is 0. The van der Waals surface area contributed by atoms with Crippen LogP contribution < -0.4 is 4.74 Å². The van der Waals surface area contributed by atoms with Crippen LogP contribution >= 0.6 is 0 Å². The van der Waals surface area contributed by atoms with E-state index in [1.54, 1.807) is 12.1 Å². The van der Waals surface area contributed by atoms with Crippen molar-refractivity contribution in [2.24, 2.45) is 11.8 Å². The maximum Gasteiger partial charge on any atom is 0.306 e. The van der Waals surface area contributed by atoms with E-state index < -0.39 is 22.0 Å². The number of methoxy groups -OCH3 is 1. The normalized spacial score (nSPS) is 18.1. The van der Waals surface area contributed by atoms with Gasteiger partial charge in [-0.1, -0.05) is 44.2 Å². The van der Waals surface area contributed by atoms with Gasteiger partial charge in [0.2, 0.25) is 10.0 Å². The Morgan fingerprint density at radius 2 is 1.76 bits per heavy atom. The van der Waals surface area contributed by atoms with Gasteiger partial charge in [0.25, 0.3) is 0 Å². The van der Waals surface area contributed by atoms with Crippen molar-refractivity contribution in [1.82, 2.24) is 4.31 Å². The fraction of sp³-hybridized carbons (Fsp3) is 0.552. The van der Waals surface area contributed by atoms with Crippen LogP contribution in [0, 0.1) is 11.8 Å². The Hall–Kier alpha value is -2.46. The molecule has 2 aromatic carbocycles. The molecule has 0 aliphatic carbocycles. The van der Waals surface area contributed by atoms with Gasteiger partial charge in [0.1, 0.15) is 11.9 Å².